The average Bonchev–Trinajstić information content (AvgIpc) is 2.86. The Bertz CT molecular complexity index is 732. The summed E-state index contributed by atoms with van der Waals surface area (Å²) >= 11 is 11.7. The number of anilines is 1. The van der Waals surface area contributed by atoms with Crippen LogP contribution in [-0.4, -0.2) is 29.4 Å². The Morgan fingerprint density at radius 3 is 2.52 bits per heavy atom. The zero-order chi connectivity index (χ0) is 15.5. The number of amides is 1. The largest absolute Gasteiger partial charge is 0.298 e. The van der Waals surface area contributed by atoms with Crippen LogP contribution in [0, 0.1) is 0 Å². The lowest BCUT2D eigenvalue weighted by Crippen LogP contribution is -2.18. The number of nitrogens with zero attached hydrogens (tertiary/aromatic N) is 2. The number of benzene rings is 1. The second kappa shape index (κ2) is 6.69. The van der Waals surface area contributed by atoms with E-state index in [9.17, 15) is 13.2 Å². The average molecular weight is 366 g/mol. The lowest BCUT2D eigenvalue weighted by atomic mass is 10.4. The van der Waals surface area contributed by atoms with Gasteiger partial charge < -0.3 is 0 Å². The Kier molecular flexibility index (Phi) is 5.15. The van der Waals surface area contributed by atoms with E-state index >= 15 is 0 Å². The Balaban J connectivity index is 2.11. The van der Waals surface area contributed by atoms with Gasteiger partial charge in [0.05, 0.1) is 4.90 Å². The monoisotopic (exact) mass is 365 g/mol. The van der Waals surface area contributed by atoms with Crippen LogP contribution in [0.25, 0.3) is 0 Å². The van der Waals surface area contributed by atoms with Crippen LogP contribution < -0.4 is 5.32 Å². The molecule has 1 heterocycles. The van der Waals surface area contributed by atoms with E-state index in [1.165, 1.54) is 12.1 Å². The van der Waals surface area contributed by atoms with Crippen molar-refractivity contribution in [1.82, 2.24) is 10.2 Å². The number of rotatable bonds is 5. The van der Waals surface area contributed by atoms with Crippen molar-refractivity contribution in [1.29, 1.82) is 0 Å². The van der Waals surface area contributed by atoms with E-state index in [0.717, 1.165) is 11.3 Å². The molecule has 0 unspecified atom stereocenters. The number of aromatic nitrogens is 2. The molecule has 1 amide bonds. The van der Waals surface area contributed by atoms with Gasteiger partial charge in [0.15, 0.2) is 14.7 Å². The number of halogens is 2. The fourth-order valence-electron chi connectivity index (χ4n) is 1.40. The van der Waals surface area contributed by atoms with Gasteiger partial charge >= 0.3 is 0 Å². The number of alkyl halides is 2. The highest BCUT2D eigenvalue weighted by atomic mass is 35.5. The molecule has 1 aromatic carbocycles. The van der Waals surface area contributed by atoms with Crippen LogP contribution in [0.4, 0.5) is 5.13 Å². The highest BCUT2D eigenvalue weighted by Crippen LogP contribution is 2.21. The van der Waals surface area contributed by atoms with E-state index in [0.29, 0.717) is 0 Å². The molecule has 0 spiro atoms. The molecule has 0 aliphatic rings. The second-order valence-electron chi connectivity index (χ2n) is 3.86. The molecule has 1 N–H and O–H groups in total. The minimum atomic E-state index is -3.50. The van der Waals surface area contributed by atoms with Crippen molar-refractivity contribution < 1.29 is 13.2 Å². The summed E-state index contributed by atoms with van der Waals surface area (Å²) < 4.78 is 24.3. The van der Waals surface area contributed by atoms with Gasteiger partial charge in [-0.2, -0.15) is 0 Å². The standard InChI is InChI=1S/C11H9Cl2N3O3S2/c12-9(13)10(17)14-11-16-15-8(20-11)6-21(18,19)7-4-2-1-3-5-7/h1-5,9H,6H2,(H,14,16,17). The van der Waals surface area contributed by atoms with Crippen molar-refractivity contribution in [3.63, 3.8) is 0 Å². The van der Waals surface area contributed by atoms with Gasteiger partial charge in [-0.25, -0.2) is 8.42 Å². The summed E-state index contributed by atoms with van der Waals surface area (Å²) in [5, 5.41) is 10.1. The molecule has 0 atom stereocenters. The molecule has 0 bridgehead atoms. The summed E-state index contributed by atoms with van der Waals surface area (Å²) in [6.07, 6.45) is 0. The molecule has 2 rings (SSSR count). The molecular formula is C11H9Cl2N3O3S2. The Morgan fingerprint density at radius 2 is 1.90 bits per heavy atom. The van der Waals surface area contributed by atoms with Crippen molar-refractivity contribution in [3.8, 4) is 0 Å². The maximum atomic E-state index is 12.2. The van der Waals surface area contributed by atoms with Crippen molar-refractivity contribution in [2.24, 2.45) is 0 Å². The number of hydrogen-bond acceptors (Lipinski definition) is 6. The van der Waals surface area contributed by atoms with Gasteiger partial charge in [-0.15, -0.1) is 10.2 Å². The minimum absolute atomic E-state index is 0.143. The first-order chi connectivity index (χ1) is 9.88. The minimum Gasteiger partial charge on any atom is -0.298 e. The molecule has 21 heavy (non-hydrogen) atoms. The van der Waals surface area contributed by atoms with E-state index in [1.807, 2.05) is 0 Å². The summed E-state index contributed by atoms with van der Waals surface area (Å²) in [4.78, 5) is 10.2. The fraction of sp³-hybridized carbons (Fsp3) is 0.182. The molecule has 0 fully saturated rings. The smallest absolute Gasteiger partial charge is 0.259 e. The van der Waals surface area contributed by atoms with Gasteiger partial charge in [-0.05, 0) is 12.1 Å². The zero-order valence-corrected chi connectivity index (χ0v) is 13.5. The molecule has 0 radical (unpaired) electrons. The third-order valence-corrected chi connectivity index (χ3v) is 5.37. The topological polar surface area (TPSA) is 89.0 Å². The molecule has 0 aliphatic heterocycles. The van der Waals surface area contributed by atoms with Gasteiger partial charge in [-0.3, -0.25) is 10.1 Å². The van der Waals surface area contributed by atoms with Crippen molar-refractivity contribution in [2.45, 2.75) is 15.5 Å². The molecule has 6 nitrogen and oxygen atoms in total. The molecule has 10 heteroatoms. The van der Waals surface area contributed by atoms with Gasteiger partial charge in [0.2, 0.25) is 5.13 Å². The summed E-state index contributed by atoms with van der Waals surface area (Å²) in [7, 11) is -3.50. The normalized spacial score (nSPS) is 11.6. The number of carbonyl (C=O) groups is 1. The SMILES string of the molecule is O=C(Nc1nnc(CS(=O)(=O)c2ccccc2)s1)C(Cl)Cl. The van der Waals surface area contributed by atoms with Crippen molar-refractivity contribution >= 4 is 55.4 Å². The molecule has 112 valence electrons. The molecule has 1 aromatic heterocycles. The molecule has 0 saturated carbocycles. The summed E-state index contributed by atoms with van der Waals surface area (Å²) in [6, 6.07) is 8.01. The van der Waals surface area contributed by atoms with Crippen LogP contribution in [0.1, 0.15) is 5.01 Å². The zero-order valence-electron chi connectivity index (χ0n) is 10.4. The lowest BCUT2D eigenvalue weighted by molar-refractivity contribution is -0.114. The fourth-order valence-corrected chi connectivity index (χ4v) is 3.87. The predicted molar refractivity (Wildman–Crippen MR) is 81.4 cm³/mol. The number of carbonyl (C=O) groups excluding carboxylic acids is 1. The maximum Gasteiger partial charge on any atom is 0.259 e. The Morgan fingerprint density at radius 1 is 1.24 bits per heavy atom. The van der Waals surface area contributed by atoms with Crippen LogP contribution in [0.5, 0.6) is 0 Å². The quantitative estimate of drug-likeness (QED) is 0.820. The van der Waals surface area contributed by atoms with Gasteiger partial charge in [0.1, 0.15) is 10.8 Å². The summed E-state index contributed by atoms with van der Waals surface area (Å²) in [5.74, 6) is -0.942. The third kappa shape index (κ3) is 4.37. The number of nitrogens with one attached hydrogen (secondary N) is 1. The first-order valence-electron chi connectivity index (χ1n) is 5.58. The van der Waals surface area contributed by atoms with E-state index in [1.54, 1.807) is 18.2 Å². The van der Waals surface area contributed by atoms with Crippen LogP contribution in [0.2, 0.25) is 0 Å². The molecular weight excluding hydrogens is 357 g/mol. The Hall–Kier alpha value is -1.22. The maximum absolute atomic E-state index is 12.2. The molecule has 2 aromatic rings. The van der Waals surface area contributed by atoms with Crippen molar-refractivity contribution in [2.75, 3.05) is 5.32 Å². The lowest BCUT2D eigenvalue weighted by Gasteiger charge is -2.01. The molecule has 0 aliphatic carbocycles. The third-order valence-electron chi connectivity index (χ3n) is 2.31. The van der Waals surface area contributed by atoms with Gasteiger partial charge in [0.25, 0.3) is 5.91 Å². The van der Waals surface area contributed by atoms with E-state index < -0.39 is 20.6 Å². The van der Waals surface area contributed by atoms with Crippen LogP contribution in [-0.2, 0) is 20.4 Å². The number of hydrogen-bond donors (Lipinski definition) is 1. The highest BCUT2D eigenvalue weighted by molar-refractivity contribution is 7.90. The second-order valence-corrected chi connectivity index (χ2v) is 8.01. The van der Waals surface area contributed by atoms with Crippen LogP contribution >= 0.6 is 34.5 Å². The van der Waals surface area contributed by atoms with Gasteiger partial charge in [0, 0.05) is 0 Å². The Labute approximate surface area is 135 Å². The first-order valence-corrected chi connectivity index (χ1v) is 8.92. The summed E-state index contributed by atoms with van der Waals surface area (Å²) in [6.45, 7) is 0. The van der Waals surface area contributed by atoms with E-state index in [-0.39, 0.29) is 20.8 Å². The summed E-state index contributed by atoms with van der Waals surface area (Å²) in [5.41, 5.74) is 0. The van der Waals surface area contributed by atoms with Crippen LogP contribution in [0.3, 0.4) is 0 Å². The van der Waals surface area contributed by atoms with Crippen molar-refractivity contribution in [3.05, 3.63) is 35.3 Å². The van der Waals surface area contributed by atoms with E-state index in [2.05, 4.69) is 15.5 Å². The van der Waals surface area contributed by atoms with E-state index in [4.69, 9.17) is 23.2 Å². The predicted octanol–water partition coefficient (Wildman–Crippen LogP) is 2.25. The number of sulfone groups is 1. The van der Waals surface area contributed by atoms with Gasteiger partial charge in [-0.1, -0.05) is 52.7 Å². The molecule has 0 saturated heterocycles. The highest BCUT2D eigenvalue weighted by Gasteiger charge is 2.19. The van der Waals surface area contributed by atoms with Crippen LogP contribution in [0.15, 0.2) is 35.2 Å². The first kappa shape index (κ1) is 16.2.